The molecule has 0 radical (unpaired) electrons. The quantitative estimate of drug-likeness (QED) is 0.795. The number of unbranched alkanes of at least 4 members (excludes halogenated alkanes) is 4. The van der Waals surface area contributed by atoms with E-state index in [-0.39, 0.29) is 4.90 Å². The topological polar surface area (TPSA) is 65.1 Å². The van der Waals surface area contributed by atoms with Crippen LogP contribution in [0.15, 0.2) is 29.2 Å². The fourth-order valence-corrected chi connectivity index (χ4v) is 3.92. The zero-order valence-corrected chi connectivity index (χ0v) is 13.6. The highest BCUT2D eigenvalue weighted by Crippen LogP contribution is 2.29. The molecule has 0 aliphatic rings. The fourth-order valence-electron chi connectivity index (χ4n) is 2.92. The number of aromatic nitrogens is 1. The summed E-state index contributed by atoms with van der Waals surface area (Å²) in [6.07, 6.45) is 5.94. The monoisotopic (exact) mass is 308 g/mol. The van der Waals surface area contributed by atoms with Gasteiger partial charge in [-0.15, -0.1) is 0 Å². The first kappa shape index (κ1) is 16.0. The Bertz CT molecular complexity index is 717. The summed E-state index contributed by atoms with van der Waals surface area (Å²) >= 11 is 0. The first-order chi connectivity index (χ1) is 9.96. The molecule has 0 atom stereocenters. The standard InChI is InChI=1S/C16H24N2O2S/c1-3-4-5-6-9-12-18-13(2)16(21(17,19)20)14-10-7-8-11-15(14)18/h7-8,10-11H,3-6,9,12H2,1-2H3,(H2,17,19,20). The van der Waals surface area contributed by atoms with Crippen molar-refractivity contribution in [2.24, 2.45) is 5.14 Å². The molecule has 4 nitrogen and oxygen atoms in total. The van der Waals surface area contributed by atoms with Crippen LogP contribution >= 0.6 is 0 Å². The highest BCUT2D eigenvalue weighted by Gasteiger charge is 2.21. The summed E-state index contributed by atoms with van der Waals surface area (Å²) in [7, 11) is -3.70. The molecule has 0 aliphatic carbocycles. The number of hydrogen-bond donors (Lipinski definition) is 1. The lowest BCUT2D eigenvalue weighted by molar-refractivity contribution is 0.567. The summed E-state index contributed by atoms with van der Waals surface area (Å²) in [6.45, 7) is 4.87. The molecule has 0 fully saturated rings. The minimum atomic E-state index is -3.70. The van der Waals surface area contributed by atoms with Gasteiger partial charge in [0.2, 0.25) is 10.0 Å². The number of nitrogens with two attached hydrogens (primary N) is 1. The predicted molar refractivity (Wildman–Crippen MR) is 86.8 cm³/mol. The Morgan fingerprint density at radius 2 is 1.76 bits per heavy atom. The number of fused-ring (bicyclic) bond motifs is 1. The van der Waals surface area contributed by atoms with E-state index in [1.165, 1.54) is 25.7 Å². The van der Waals surface area contributed by atoms with Gasteiger partial charge >= 0.3 is 0 Å². The number of benzene rings is 1. The molecular weight excluding hydrogens is 284 g/mol. The van der Waals surface area contributed by atoms with E-state index in [1.54, 1.807) is 0 Å². The van der Waals surface area contributed by atoms with Gasteiger partial charge in [-0.05, 0) is 19.4 Å². The van der Waals surface area contributed by atoms with Crippen LogP contribution in [0.2, 0.25) is 0 Å². The molecule has 2 N–H and O–H groups in total. The average molecular weight is 308 g/mol. The molecule has 1 aromatic carbocycles. The Hall–Kier alpha value is -1.33. The number of rotatable bonds is 7. The van der Waals surface area contributed by atoms with Gasteiger partial charge in [0.25, 0.3) is 0 Å². The smallest absolute Gasteiger partial charge is 0.240 e. The van der Waals surface area contributed by atoms with Crippen molar-refractivity contribution in [1.82, 2.24) is 4.57 Å². The van der Waals surface area contributed by atoms with Gasteiger partial charge in [-0.3, -0.25) is 0 Å². The third kappa shape index (κ3) is 3.47. The Labute approximate surface area is 127 Å². The molecular formula is C16H24N2O2S. The van der Waals surface area contributed by atoms with Crippen LogP contribution < -0.4 is 5.14 Å². The van der Waals surface area contributed by atoms with Gasteiger partial charge in [0.1, 0.15) is 4.90 Å². The molecule has 0 bridgehead atoms. The fraction of sp³-hybridized carbons (Fsp3) is 0.500. The summed E-state index contributed by atoms with van der Waals surface area (Å²) < 4.78 is 25.8. The van der Waals surface area contributed by atoms with Crippen molar-refractivity contribution < 1.29 is 8.42 Å². The number of para-hydroxylation sites is 1. The SMILES string of the molecule is CCCCCCCn1c(C)c(S(N)(=O)=O)c2ccccc21. The third-order valence-electron chi connectivity index (χ3n) is 3.94. The van der Waals surface area contributed by atoms with E-state index in [0.717, 1.165) is 29.6 Å². The van der Waals surface area contributed by atoms with Crippen molar-refractivity contribution in [3.05, 3.63) is 30.0 Å². The predicted octanol–water partition coefficient (Wildman–Crippen LogP) is 3.57. The normalized spacial score (nSPS) is 12.1. The van der Waals surface area contributed by atoms with Crippen LogP contribution in [0.4, 0.5) is 0 Å². The molecule has 1 heterocycles. The number of aryl methyl sites for hydroxylation is 1. The van der Waals surface area contributed by atoms with Crippen LogP contribution in [-0.4, -0.2) is 13.0 Å². The molecule has 0 aliphatic heterocycles. The van der Waals surface area contributed by atoms with Gasteiger partial charge in [0.05, 0.1) is 0 Å². The number of hydrogen-bond acceptors (Lipinski definition) is 2. The zero-order chi connectivity index (χ0) is 15.5. The van der Waals surface area contributed by atoms with E-state index in [1.807, 2.05) is 31.2 Å². The molecule has 0 amide bonds. The zero-order valence-electron chi connectivity index (χ0n) is 12.8. The molecule has 1 aromatic heterocycles. The minimum absolute atomic E-state index is 0.270. The van der Waals surface area contributed by atoms with Crippen LogP contribution in [0.3, 0.4) is 0 Å². The summed E-state index contributed by atoms with van der Waals surface area (Å²) in [5.41, 5.74) is 1.70. The molecule has 116 valence electrons. The van der Waals surface area contributed by atoms with Gasteiger partial charge in [0.15, 0.2) is 0 Å². The second-order valence-electron chi connectivity index (χ2n) is 5.54. The van der Waals surface area contributed by atoms with Crippen molar-refractivity contribution >= 4 is 20.9 Å². The van der Waals surface area contributed by atoms with Crippen LogP contribution in [0.25, 0.3) is 10.9 Å². The van der Waals surface area contributed by atoms with E-state index in [9.17, 15) is 8.42 Å². The van der Waals surface area contributed by atoms with Crippen molar-refractivity contribution in [2.75, 3.05) is 0 Å². The van der Waals surface area contributed by atoms with Crippen LogP contribution in [-0.2, 0) is 16.6 Å². The summed E-state index contributed by atoms with van der Waals surface area (Å²) in [5, 5.41) is 6.12. The van der Waals surface area contributed by atoms with E-state index >= 15 is 0 Å². The third-order valence-corrected chi connectivity index (χ3v) is 5.03. The minimum Gasteiger partial charge on any atom is -0.343 e. The van der Waals surface area contributed by atoms with Gasteiger partial charge < -0.3 is 4.57 Å². The number of nitrogens with zero attached hydrogens (tertiary/aromatic N) is 1. The Morgan fingerprint density at radius 3 is 2.43 bits per heavy atom. The van der Waals surface area contributed by atoms with Crippen molar-refractivity contribution in [3.8, 4) is 0 Å². The Morgan fingerprint density at radius 1 is 1.10 bits per heavy atom. The first-order valence-electron chi connectivity index (χ1n) is 7.57. The highest BCUT2D eigenvalue weighted by atomic mass is 32.2. The highest BCUT2D eigenvalue weighted by molar-refractivity contribution is 7.89. The van der Waals surface area contributed by atoms with Crippen molar-refractivity contribution in [3.63, 3.8) is 0 Å². The molecule has 2 aromatic rings. The van der Waals surface area contributed by atoms with Crippen molar-refractivity contribution in [1.29, 1.82) is 0 Å². The summed E-state index contributed by atoms with van der Waals surface area (Å²) in [6, 6.07) is 7.57. The van der Waals surface area contributed by atoms with Gasteiger partial charge in [-0.2, -0.15) is 0 Å². The lowest BCUT2D eigenvalue weighted by Crippen LogP contribution is -2.13. The molecule has 0 spiro atoms. The Kier molecular flexibility index (Phi) is 5.06. The lowest BCUT2D eigenvalue weighted by atomic mass is 10.1. The average Bonchev–Trinajstić information content (AvgIpc) is 2.71. The second kappa shape index (κ2) is 6.62. The molecule has 5 heteroatoms. The van der Waals surface area contributed by atoms with Gasteiger partial charge in [-0.1, -0.05) is 50.8 Å². The number of primary sulfonamides is 1. The first-order valence-corrected chi connectivity index (χ1v) is 9.12. The molecule has 21 heavy (non-hydrogen) atoms. The number of sulfonamides is 1. The van der Waals surface area contributed by atoms with E-state index in [4.69, 9.17) is 5.14 Å². The Balaban J connectivity index is 2.34. The molecule has 0 unspecified atom stereocenters. The lowest BCUT2D eigenvalue weighted by Gasteiger charge is -2.08. The van der Waals surface area contributed by atoms with E-state index in [2.05, 4.69) is 11.5 Å². The van der Waals surface area contributed by atoms with Crippen molar-refractivity contribution in [2.45, 2.75) is 57.4 Å². The maximum absolute atomic E-state index is 11.9. The van der Waals surface area contributed by atoms with Crippen LogP contribution in [0, 0.1) is 6.92 Å². The van der Waals surface area contributed by atoms with E-state index < -0.39 is 10.0 Å². The second-order valence-corrected chi connectivity index (χ2v) is 7.04. The summed E-state index contributed by atoms with van der Waals surface area (Å²) in [4.78, 5) is 0.270. The maximum Gasteiger partial charge on any atom is 0.240 e. The van der Waals surface area contributed by atoms with Crippen LogP contribution in [0.1, 0.15) is 44.7 Å². The molecule has 0 saturated heterocycles. The molecule has 0 saturated carbocycles. The maximum atomic E-state index is 11.9. The van der Waals surface area contributed by atoms with Crippen LogP contribution in [0.5, 0.6) is 0 Å². The summed E-state index contributed by atoms with van der Waals surface area (Å²) in [5.74, 6) is 0. The van der Waals surface area contributed by atoms with E-state index in [0.29, 0.717) is 0 Å². The van der Waals surface area contributed by atoms with Gasteiger partial charge in [-0.25, -0.2) is 13.6 Å². The van der Waals surface area contributed by atoms with Gasteiger partial charge in [0, 0.05) is 23.1 Å². The molecule has 2 rings (SSSR count). The largest absolute Gasteiger partial charge is 0.343 e.